The van der Waals surface area contributed by atoms with Gasteiger partial charge in [0.15, 0.2) is 0 Å². The molecule has 2 amide bonds. The van der Waals surface area contributed by atoms with Crippen LogP contribution in [-0.4, -0.2) is 12.8 Å². The number of carbonyl (C=O) groups is 2. The Morgan fingerprint density at radius 1 is 1.55 bits per heavy atom. The van der Waals surface area contributed by atoms with Crippen molar-refractivity contribution in [3.05, 3.63) is 0 Å². The zero-order valence-electron chi connectivity index (χ0n) is 6.54. The van der Waals surface area contributed by atoms with Crippen LogP contribution in [0.15, 0.2) is 0 Å². The van der Waals surface area contributed by atoms with Gasteiger partial charge in [0.05, 0.1) is 6.07 Å². The lowest BCUT2D eigenvalue weighted by Crippen LogP contribution is -2.18. The minimum atomic E-state index is -0.833. The molecule has 0 aromatic rings. The second kappa shape index (κ2) is 23.7. The minimum absolute atomic E-state index is 0.694. The van der Waals surface area contributed by atoms with Crippen LogP contribution >= 0.6 is 0 Å². The fraction of sp³-hybridized carbons (Fsp3) is 0.500. The van der Waals surface area contributed by atoms with Gasteiger partial charge in [0, 0.05) is 6.42 Å². The van der Waals surface area contributed by atoms with Crippen molar-refractivity contribution in [1.82, 2.24) is 0 Å². The normalized spacial score (nSPS) is 5.45. The molecular weight excluding hydrogens is 146 g/mol. The third kappa shape index (κ3) is 1890. The van der Waals surface area contributed by atoms with E-state index in [1.807, 2.05) is 19.8 Å². The molecule has 11 heavy (non-hydrogen) atoms. The van der Waals surface area contributed by atoms with Crippen LogP contribution in [0, 0.1) is 11.3 Å². The first-order chi connectivity index (χ1) is 5.15. The van der Waals surface area contributed by atoms with Crippen LogP contribution in [0.1, 0.15) is 19.8 Å². The lowest BCUT2D eigenvalue weighted by molar-refractivity contribution is -0.0979. The number of nitrogens with zero attached hydrogens (tertiary/aromatic N) is 1. The molecule has 64 valence electrons. The average molecular weight is 159 g/mol. The third-order valence-corrected chi connectivity index (χ3v) is 0.362. The Balaban J connectivity index is -0.0000000965. The molecule has 0 aliphatic rings. The van der Waals surface area contributed by atoms with Crippen LogP contribution in [0.3, 0.4) is 0 Å². The van der Waals surface area contributed by atoms with Crippen molar-refractivity contribution >= 4 is 12.8 Å². The fourth-order valence-electron chi connectivity index (χ4n) is 0.112. The maximum absolute atomic E-state index is 9.00. The quantitative estimate of drug-likeness (QED) is 0.568. The molecule has 0 aliphatic carbocycles. The first kappa shape index (κ1) is 16.2. The van der Waals surface area contributed by atoms with Gasteiger partial charge in [-0.15, -0.1) is 0 Å². The monoisotopic (exact) mass is 159 g/mol. The number of hydrogen-bond donors (Lipinski definition) is 2. The molecule has 0 aliphatic heterocycles. The van der Waals surface area contributed by atoms with Crippen molar-refractivity contribution in [2.75, 3.05) is 0 Å². The number of carbonyl (C=O) groups excluding carboxylic acids is 2. The highest BCUT2D eigenvalue weighted by Gasteiger charge is 1.65. The van der Waals surface area contributed by atoms with Crippen molar-refractivity contribution < 1.29 is 9.59 Å². The molecule has 0 aromatic heterocycles. The summed E-state index contributed by atoms with van der Waals surface area (Å²) in [6.07, 6.45) is 1.68. The number of rotatable bonds is 1. The second-order valence-electron chi connectivity index (χ2n) is 1.31. The number of urea groups is 1. The van der Waals surface area contributed by atoms with Crippen molar-refractivity contribution in [1.29, 1.82) is 5.26 Å². The number of primary amides is 2. The van der Waals surface area contributed by atoms with E-state index < -0.39 is 6.03 Å². The van der Waals surface area contributed by atoms with Crippen molar-refractivity contribution in [2.24, 2.45) is 11.5 Å². The molecule has 5 nitrogen and oxygen atoms in total. The number of nitrogens with two attached hydrogens (primary N) is 2. The van der Waals surface area contributed by atoms with Crippen LogP contribution in [0.5, 0.6) is 0 Å². The topological polar surface area (TPSA) is 110 Å². The molecule has 0 radical (unpaired) electrons. The Bertz CT molecular complexity index is 115. The molecule has 0 bridgehead atoms. The van der Waals surface area contributed by atoms with Gasteiger partial charge < -0.3 is 16.3 Å². The molecule has 0 rings (SSSR count). The highest BCUT2D eigenvalue weighted by molar-refractivity contribution is 5.69. The van der Waals surface area contributed by atoms with Crippen LogP contribution in [0.4, 0.5) is 4.79 Å². The first-order valence-electron chi connectivity index (χ1n) is 2.85. The Morgan fingerprint density at radius 3 is 1.82 bits per heavy atom. The maximum atomic E-state index is 9.00. The smallest absolute Gasteiger partial charge is 0.309 e. The van der Waals surface area contributed by atoms with E-state index in [0.29, 0.717) is 6.42 Å². The van der Waals surface area contributed by atoms with E-state index in [1.54, 1.807) is 0 Å². The zero-order valence-corrected chi connectivity index (χ0v) is 6.54. The summed E-state index contributed by atoms with van der Waals surface area (Å²) >= 11 is 0. The molecule has 0 atom stereocenters. The zero-order chi connectivity index (χ0) is 9.70. The fourth-order valence-corrected chi connectivity index (χ4v) is 0.112. The van der Waals surface area contributed by atoms with E-state index >= 15 is 0 Å². The summed E-state index contributed by atoms with van der Waals surface area (Å²) in [7, 11) is 0. The van der Waals surface area contributed by atoms with E-state index in [4.69, 9.17) is 14.9 Å². The Hall–Kier alpha value is -1.57. The summed E-state index contributed by atoms with van der Waals surface area (Å²) in [6.45, 7) is 3.99. The largest absolute Gasteiger partial charge is 0.352 e. The van der Waals surface area contributed by atoms with E-state index in [1.165, 1.54) is 0 Å². The third-order valence-electron chi connectivity index (χ3n) is 0.362. The second-order valence-corrected chi connectivity index (χ2v) is 1.31. The number of amides is 2. The lowest BCUT2D eigenvalue weighted by Gasteiger charge is -1.65. The van der Waals surface area contributed by atoms with Gasteiger partial charge in [-0.1, -0.05) is 6.92 Å². The summed E-state index contributed by atoms with van der Waals surface area (Å²) in [6, 6.07) is 1.18. The van der Waals surface area contributed by atoms with Crippen molar-refractivity contribution in [3.63, 3.8) is 0 Å². The van der Waals surface area contributed by atoms with Gasteiger partial charge in [0.2, 0.25) is 0 Å². The molecule has 4 N–H and O–H groups in total. The SMILES string of the molecule is C=O.CCCC#N.NC(N)=O. The minimum Gasteiger partial charge on any atom is -0.352 e. The molecule has 0 heterocycles. The molecule has 0 saturated heterocycles. The Kier molecular flexibility index (Phi) is 34.9. The van der Waals surface area contributed by atoms with Crippen molar-refractivity contribution in [2.45, 2.75) is 19.8 Å². The maximum Gasteiger partial charge on any atom is 0.309 e. The summed E-state index contributed by atoms with van der Waals surface area (Å²) in [5.74, 6) is 0. The summed E-state index contributed by atoms with van der Waals surface area (Å²) in [5, 5.41) is 7.82. The van der Waals surface area contributed by atoms with E-state index in [0.717, 1.165) is 6.42 Å². The molecule has 0 spiro atoms. The predicted molar refractivity (Wildman–Crippen MR) is 41.4 cm³/mol. The van der Waals surface area contributed by atoms with Gasteiger partial charge in [-0.2, -0.15) is 5.26 Å². The average Bonchev–Trinajstić information content (AvgIpc) is 1.93. The van der Waals surface area contributed by atoms with Crippen LogP contribution in [-0.2, 0) is 4.79 Å². The number of nitriles is 1. The van der Waals surface area contributed by atoms with E-state index in [-0.39, 0.29) is 0 Å². The van der Waals surface area contributed by atoms with Crippen LogP contribution in [0.25, 0.3) is 0 Å². The first-order valence-corrected chi connectivity index (χ1v) is 2.85. The molecule has 0 fully saturated rings. The van der Waals surface area contributed by atoms with Gasteiger partial charge in [-0.3, -0.25) is 0 Å². The summed E-state index contributed by atoms with van der Waals surface area (Å²) in [4.78, 5) is 17.0. The van der Waals surface area contributed by atoms with Crippen LogP contribution in [0.2, 0.25) is 0 Å². The van der Waals surface area contributed by atoms with Gasteiger partial charge >= 0.3 is 6.03 Å². The van der Waals surface area contributed by atoms with Gasteiger partial charge in [-0.25, -0.2) is 4.79 Å². The lowest BCUT2D eigenvalue weighted by atomic mass is 10.4. The molecule has 5 heteroatoms. The number of hydrogen-bond acceptors (Lipinski definition) is 3. The van der Waals surface area contributed by atoms with Crippen LogP contribution < -0.4 is 11.5 Å². The van der Waals surface area contributed by atoms with Gasteiger partial charge in [0.1, 0.15) is 6.79 Å². The number of unbranched alkanes of at least 4 members (excludes halogenated alkanes) is 1. The molecule has 0 aromatic carbocycles. The molecule has 0 saturated carbocycles. The summed E-state index contributed by atoms with van der Waals surface area (Å²) in [5.41, 5.74) is 8.50. The molecule has 0 unspecified atom stereocenters. The van der Waals surface area contributed by atoms with Gasteiger partial charge in [0.25, 0.3) is 0 Å². The Morgan fingerprint density at radius 2 is 1.82 bits per heavy atom. The molecular formula is C6H13N3O2. The Labute approximate surface area is 66.0 Å². The highest BCUT2D eigenvalue weighted by atomic mass is 16.2. The summed E-state index contributed by atoms with van der Waals surface area (Å²) < 4.78 is 0. The highest BCUT2D eigenvalue weighted by Crippen LogP contribution is 1.77. The van der Waals surface area contributed by atoms with E-state index in [2.05, 4.69) is 11.5 Å². The predicted octanol–water partition coefficient (Wildman–Crippen LogP) is 0.149. The standard InChI is InChI=1S/C4H7N.CH4N2O.CH2O/c1-2-3-4-5;2-1(3)4;1-2/h2-3H2,1H3;(H4,2,3,4);1H2. The van der Waals surface area contributed by atoms with Crippen molar-refractivity contribution in [3.8, 4) is 6.07 Å². The van der Waals surface area contributed by atoms with E-state index in [9.17, 15) is 0 Å². The van der Waals surface area contributed by atoms with Gasteiger partial charge in [-0.05, 0) is 6.42 Å².